The van der Waals surface area contributed by atoms with Gasteiger partial charge < -0.3 is 15.4 Å². The summed E-state index contributed by atoms with van der Waals surface area (Å²) in [6.07, 6.45) is -5.09. The molecule has 3 aromatic rings. The third-order valence-corrected chi connectivity index (χ3v) is 4.83. The second-order valence-corrected chi connectivity index (χ2v) is 7.11. The molecule has 32 heavy (non-hydrogen) atoms. The third kappa shape index (κ3) is 4.41. The maximum Gasteiger partial charge on any atom is 0.573 e. The molecule has 0 saturated heterocycles. The molecule has 2 heterocycles. The van der Waals surface area contributed by atoms with E-state index in [9.17, 15) is 27.2 Å². The monoisotopic (exact) mass is 448 g/mol. The minimum atomic E-state index is -4.87. The number of hydrogen-bond acceptors (Lipinski definition) is 4. The summed E-state index contributed by atoms with van der Waals surface area (Å²) in [6.45, 7) is 1.70. The van der Waals surface area contributed by atoms with Gasteiger partial charge in [0.05, 0.1) is 12.1 Å². The third-order valence-electron chi connectivity index (χ3n) is 4.83. The molecule has 1 aliphatic rings. The van der Waals surface area contributed by atoms with Crippen molar-refractivity contribution in [3.63, 3.8) is 0 Å². The summed E-state index contributed by atoms with van der Waals surface area (Å²) in [5.74, 6) is -1.66. The van der Waals surface area contributed by atoms with Crippen LogP contribution in [0.15, 0.2) is 48.5 Å². The molecule has 0 saturated carbocycles. The Morgan fingerprint density at radius 1 is 1.22 bits per heavy atom. The number of fused-ring (bicyclic) bond motifs is 1. The van der Waals surface area contributed by atoms with E-state index in [0.717, 1.165) is 12.1 Å². The van der Waals surface area contributed by atoms with E-state index < -0.39 is 35.8 Å². The molecular formula is C21H16F4N4O3. The number of nitrogens with one attached hydrogen (secondary N) is 2. The molecule has 2 aromatic carbocycles. The smallest absolute Gasteiger partial charge is 0.406 e. The van der Waals surface area contributed by atoms with Crippen molar-refractivity contribution in [2.75, 3.05) is 10.6 Å². The first-order valence-corrected chi connectivity index (χ1v) is 9.42. The van der Waals surface area contributed by atoms with E-state index in [2.05, 4.69) is 20.5 Å². The molecule has 166 valence electrons. The zero-order valence-corrected chi connectivity index (χ0v) is 16.5. The Kier molecular flexibility index (Phi) is 5.33. The summed E-state index contributed by atoms with van der Waals surface area (Å²) in [4.78, 5) is 25.1. The lowest BCUT2D eigenvalue weighted by atomic mass is 10.1. The van der Waals surface area contributed by atoms with Crippen LogP contribution in [-0.2, 0) is 9.59 Å². The number of amides is 2. The van der Waals surface area contributed by atoms with E-state index in [-0.39, 0.29) is 12.1 Å². The largest absolute Gasteiger partial charge is 0.573 e. The van der Waals surface area contributed by atoms with Crippen molar-refractivity contribution in [2.45, 2.75) is 25.7 Å². The number of rotatable bonds is 4. The molecule has 2 amide bonds. The lowest BCUT2D eigenvalue weighted by molar-refractivity contribution is -0.274. The second-order valence-electron chi connectivity index (χ2n) is 7.11. The highest BCUT2D eigenvalue weighted by molar-refractivity contribution is 6.02. The maximum atomic E-state index is 13.3. The number of carbonyl (C=O) groups is 2. The van der Waals surface area contributed by atoms with Gasteiger partial charge in [-0.1, -0.05) is 6.07 Å². The summed E-state index contributed by atoms with van der Waals surface area (Å²) >= 11 is 0. The average Bonchev–Trinajstić information content (AvgIpc) is 3.03. The number of aromatic nitrogens is 2. The molecule has 0 aliphatic carbocycles. The zero-order chi connectivity index (χ0) is 23.0. The highest BCUT2D eigenvalue weighted by Crippen LogP contribution is 2.35. The first-order chi connectivity index (χ1) is 15.1. The SMILES string of the molecule is Cc1c(-c2ccc(F)cc2)nn2c1NC(=O)C[C@H]2C(=O)Nc1cccc(OC(F)(F)F)c1. The van der Waals surface area contributed by atoms with Gasteiger partial charge in [0.25, 0.3) is 0 Å². The minimum absolute atomic E-state index is 0.0620. The highest BCUT2D eigenvalue weighted by atomic mass is 19.4. The quantitative estimate of drug-likeness (QED) is 0.579. The number of anilines is 2. The Bertz CT molecular complexity index is 1190. The lowest BCUT2D eigenvalue weighted by Crippen LogP contribution is -2.36. The fraction of sp³-hybridized carbons (Fsp3) is 0.190. The maximum absolute atomic E-state index is 13.3. The normalized spacial score (nSPS) is 15.7. The molecule has 1 aromatic heterocycles. The van der Waals surface area contributed by atoms with Crippen molar-refractivity contribution >= 4 is 23.3 Å². The Balaban J connectivity index is 1.62. The van der Waals surface area contributed by atoms with Crippen LogP contribution in [0.3, 0.4) is 0 Å². The molecule has 11 heteroatoms. The van der Waals surface area contributed by atoms with Crippen LogP contribution in [-0.4, -0.2) is 28.0 Å². The highest BCUT2D eigenvalue weighted by Gasteiger charge is 2.34. The molecule has 0 unspecified atom stereocenters. The summed E-state index contributed by atoms with van der Waals surface area (Å²) in [6, 6.07) is 9.36. The first-order valence-electron chi connectivity index (χ1n) is 9.42. The summed E-state index contributed by atoms with van der Waals surface area (Å²) < 4.78 is 55.8. The number of carbonyl (C=O) groups excluding carboxylic acids is 2. The molecular weight excluding hydrogens is 432 g/mol. The standard InChI is InChI=1S/C21H16F4N4O3/c1-11-18(12-5-7-13(22)8-6-12)28-29-16(10-17(30)27-19(11)29)20(31)26-14-3-2-4-15(9-14)32-21(23,24)25/h2-9,16H,10H2,1H3,(H,26,31)(H,27,30)/t16-/m0/s1. The van der Waals surface area contributed by atoms with Crippen LogP contribution in [0, 0.1) is 12.7 Å². The fourth-order valence-corrected chi connectivity index (χ4v) is 3.42. The summed E-state index contributed by atoms with van der Waals surface area (Å²) in [5.41, 5.74) is 1.70. The van der Waals surface area contributed by atoms with E-state index in [4.69, 9.17) is 0 Å². The number of nitrogens with zero attached hydrogens (tertiary/aromatic N) is 2. The molecule has 0 spiro atoms. The van der Waals surface area contributed by atoms with Crippen molar-refractivity contribution in [3.8, 4) is 17.0 Å². The Morgan fingerprint density at radius 3 is 2.62 bits per heavy atom. The van der Waals surface area contributed by atoms with Gasteiger partial charge in [0.2, 0.25) is 11.8 Å². The van der Waals surface area contributed by atoms with Crippen LogP contribution in [0.2, 0.25) is 0 Å². The average molecular weight is 448 g/mol. The van der Waals surface area contributed by atoms with Gasteiger partial charge in [-0.3, -0.25) is 9.59 Å². The molecule has 0 fully saturated rings. The molecule has 4 rings (SSSR count). The molecule has 0 bridgehead atoms. The molecule has 2 N–H and O–H groups in total. The van der Waals surface area contributed by atoms with Crippen LogP contribution >= 0.6 is 0 Å². The summed E-state index contributed by atoms with van der Waals surface area (Å²) in [5, 5.41) is 9.61. The van der Waals surface area contributed by atoms with Gasteiger partial charge in [-0.2, -0.15) is 5.10 Å². The molecule has 1 aliphatic heterocycles. The Hall–Kier alpha value is -3.89. The first kappa shape index (κ1) is 21.3. The Labute approximate surface area is 179 Å². The van der Waals surface area contributed by atoms with Gasteiger partial charge in [-0.15, -0.1) is 13.2 Å². The van der Waals surface area contributed by atoms with Gasteiger partial charge >= 0.3 is 6.36 Å². The topological polar surface area (TPSA) is 85.2 Å². The van der Waals surface area contributed by atoms with Crippen LogP contribution in [0.25, 0.3) is 11.3 Å². The fourth-order valence-electron chi connectivity index (χ4n) is 3.42. The summed E-state index contributed by atoms with van der Waals surface area (Å²) in [7, 11) is 0. The zero-order valence-electron chi connectivity index (χ0n) is 16.5. The molecule has 0 radical (unpaired) electrons. The van der Waals surface area contributed by atoms with Crippen molar-refractivity contribution in [3.05, 3.63) is 59.9 Å². The van der Waals surface area contributed by atoms with Crippen LogP contribution in [0.1, 0.15) is 18.0 Å². The van der Waals surface area contributed by atoms with Gasteiger partial charge in [0.15, 0.2) is 0 Å². The van der Waals surface area contributed by atoms with Gasteiger partial charge in [-0.25, -0.2) is 9.07 Å². The van der Waals surface area contributed by atoms with E-state index in [1.54, 1.807) is 6.92 Å². The van der Waals surface area contributed by atoms with Gasteiger partial charge in [0.1, 0.15) is 23.4 Å². The van der Waals surface area contributed by atoms with E-state index in [0.29, 0.717) is 22.6 Å². The van der Waals surface area contributed by atoms with Crippen molar-refractivity contribution in [1.82, 2.24) is 9.78 Å². The number of halogens is 4. The number of benzene rings is 2. The van der Waals surface area contributed by atoms with Crippen LogP contribution < -0.4 is 15.4 Å². The lowest BCUT2D eigenvalue weighted by Gasteiger charge is -2.24. The molecule has 1 atom stereocenters. The number of ether oxygens (including phenoxy) is 1. The Morgan fingerprint density at radius 2 is 1.94 bits per heavy atom. The van der Waals surface area contributed by atoms with Gasteiger partial charge in [-0.05, 0) is 43.3 Å². The minimum Gasteiger partial charge on any atom is -0.406 e. The number of hydrogen-bond donors (Lipinski definition) is 2. The van der Waals surface area contributed by atoms with Gasteiger partial charge in [0, 0.05) is 22.9 Å². The predicted octanol–water partition coefficient (Wildman–Crippen LogP) is 4.42. The van der Waals surface area contributed by atoms with E-state index in [1.807, 2.05) is 0 Å². The van der Waals surface area contributed by atoms with Crippen molar-refractivity contribution < 1.29 is 31.9 Å². The second kappa shape index (κ2) is 7.98. The molecule has 7 nitrogen and oxygen atoms in total. The van der Waals surface area contributed by atoms with Crippen LogP contribution in [0.4, 0.5) is 29.1 Å². The number of alkyl halides is 3. The van der Waals surface area contributed by atoms with E-state index in [1.165, 1.54) is 41.1 Å². The predicted molar refractivity (Wildman–Crippen MR) is 106 cm³/mol. The van der Waals surface area contributed by atoms with Crippen LogP contribution in [0.5, 0.6) is 5.75 Å². The van der Waals surface area contributed by atoms with Crippen molar-refractivity contribution in [2.24, 2.45) is 0 Å². The van der Waals surface area contributed by atoms with E-state index >= 15 is 0 Å². The van der Waals surface area contributed by atoms with Crippen molar-refractivity contribution in [1.29, 1.82) is 0 Å².